The van der Waals surface area contributed by atoms with Crippen molar-refractivity contribution in [1.29, 1.82) is 0 Å². The van der Waals surface area contributed by atoms with Crippen LogP contribution in [0.15, 0.2) is 18.2 Å². The lowest BCUT2D eigenvalue weighted by Gasteiger charge is -2.11. The summed E-state index contributed by atoms with van der Waals surface area (Å²) in [5.41, 5.74) is 0.539. The monoisotopic (exact) mass is 264 g/mol. The molecule has 0 aliphatic rings. The van der Waals surface area contributed by atoms with E-state index in [-0.39, 0.29) is 6.42 Å². The van der Waals surface area contributed by atoms with Crippen LogP contribution in [-0.4, -0.2) is 24.1 Å². The van der Waals surface area contributed by atoms with Gasteiger partial charge < -0.3 is 9.84 Å². The van der Waals surface area contributed by atoms with Gasteiger partial charge >= 0.3 is 11.9 Å². The predicted octanol–water partition coefficient (Wildman–Crippen LogP) is 3.00. The molecule has 0 amide bonds. The number of carboxylic acids is 1. The number of hydrogen-bond acceptors (Lipinski definition) is 2. The molecule has 0 heterocycles. The number of ether oxygens (including phenoxy) is 1. The van der Waals surface area contributed by atoms with Crippen molar-refractivity contribution in [3.8, 4) is 5.75 Å². The van der Waals surface area contributed by atoms with E-state index in [0.717, 1.165) is 0 Å². The van der Waals surface area contributed by atoms with Crippen molar-refractivity contribution in [1.82, 2.24) is 0 Å². The van der Waals surface area contributed by atoms with Crippen molar-refractivity contribution >= 4 is 17.6 Å². The molecule has 0 unspecified atom stereocenters. The number of hydrogen-bond donors (Lipinski definition) is 1. The molecule has 17 heavy (non-hydrogen) atoms. The molecule has 0 aliphatic heterocycles. The molecule has 0 radical (unpaired) electrons. The zero-order chi connectivity index (χ0) is 13.1. The first-order valence-corrected chi connectivity index (χ1v) is 5.18. The average molecular weight is 265 g/mol. The first-order chi connectivity index (χ1) is 7.86. The highest BCUT2D eigenvalue weighted by Gasteiger charge is 2.37. The van der Waals surface area contributed by atoms with Gasteiger partial charge in [0.15, 0.2) is 0 Å². The highest BCUT2D eigenvalue weighted by Crippen LogP contribution is 2.27. The SMILES string of the molecule is COc1ccc(CCC(F)(F)C(=O)O)cc1Cl. The maximum atomic E-state index is 12.8. The Morgan fingerprint density at radius 2 is 2.18 bits per heavy atom. The Bertz CT molecular complexity index is 421. The Labute approximate surface area is 102 Å². The molecule has 0 atom stereocenters. The van der Waals surface area contributed by atoms with E-state index in [1.54, 1.807) is 12.1 Å². The minimum atomic E-state index is -3.72. The quantitative estimate of drug-likeness (QED) is 0.889. The summed E-state index contributed by atoms with van der Waals surface area (Å²) in [7, 11) is 1.44. The maximum absolute atomic E-state index is 12.8. The predicted molar refractivity (Wildman–Crippen MR) is 58.9 cm³/mol. The van der Waals surface area contributed by atoms with Gasteiger partial charge in [0, 0.05) is 6.42 Å². The summed E-state index contributed by atoms with van der Waals surface area (Å²) in [4.78, 5) is 10.2. The first kappa shape index (κ1) is 13.7. The van der Waals surface area contributed by atoms with Crippen LogP contribution in [0, 0.1) is 0 Å². The molecule has 3 nitrogen and oxygen atoms in total. The molecular formula is C11H11ClF2O3. The maximum Gasteiger partial charge on any atom is 0.374 e. The summed E-state index contributed by atoms with van der Waals surface area (Å²) < 4.78 is 30.6. The third-order valence-corrected chi connectivity index (χ3v) is 2.55. The third-order valence-electron chi connectivity index (χ3n) is 2.26. The molecule has 6 heteroatoms. The molecule has 1 aromatic carbocycles. The zero-order valence-corrected chi connectivity index (χ0v) is 9.80. The van der Waals surface area contributed by atoms with E-state index in [0.29, 0.717) is 16.3 Å². The lowest BCUT2D eigenvalue weighted by molar-refractivity contribution is -0.165. The standard InChI is InChI=1S/C11H11ClF2O3/c1-17-9-3-2-7(6-8(9)12)4-5-11(13,14)10(15)16/h2-3,6H,4-5H2,1H3,(H,15,16). The van der Waals surface area contributed by atoms with Crippen LogP contribution in [0.1, 0.15) is 12.0 Å². The van der Waals surface area contributed by atoms with Crippen molar-refractivity contribution in [2.45, 2.75) is 18.8 Å². The van der Waals surface area contributed by atoms with E-state index in [2.05, 4.69) is 0 Å². The number of halogens is 3. The van der Waals surface area contributed by atoms with Crippen LogP contribution < -0.4 is 4.74 Å². The van der Waals surface area contributed by atoms with E-state index in [1.165, 1.54) is 13.2 Å². The average Bonchev–Trinajstić information content (AvgIpc) is 2.26. The van der Waals surface area contributed by atoms with Gasteiger partial charge in [-0.05, 0) is 24.1 Å². The molecule has 0 aliphatic carbocycles. The summed E-state index contributed by atoms with van der Waals surface area (Å²) in [6, 6.07) is 4.61. The summed E-state index contributed by atoms with van der Waals surface area (Å²) >= 11 is 5.81. The largest absolute Gasteiger partial charge is 0.495 e. The summed E-state index contributed by atoms with van der Waals surface area (Å²) in [6.45, 7) is 0. The van der Waals surface area contributed by atoms with E-state index in [1.807, 2.05) is 0 Å². The molecule has 0 aromatic heterocycles. The highest BCUT2D eigenvalue weighted by molar-refractivity contribution is 6.32. The fourth-order valence-electron chi connectivity index (χ4n) is 1.27. The second kappa shape index (κ2) is 5.31. The van der Waals surface area contributed by atoms with Crippen molar-refractivity contribution in [2.24, 2.45) is 0 Å². The van der Waals surface area contributed by atoms with Crippen LogP contribution in [0.3, 0.4) is 0 Å². The zero-order valence-electron chi connectivity index (χ0n) is 9.04. The number of rotatable bonds is 5. The van der Waals surface area contributed by atoms with Crippen molar-refractivity contribution in [3.63, 3.8) is 0 Å². The normalized spacial score (nSPS) is 11.3. The fourth-order valence-corrected chi connectivity index (χ4v) is 1.55. The Hall–Kier alpha value is -1.36. The minimum absolute atomic E-state index is 0.0665. The summed E-state index contributed by atoms with van der Waals surface area (Å²) in [6.07, 6.45) is -0.825. The number of benzene rings is 1. The molecule has 0 saturated carbocycles. The Morgan fingerprint density at radius 3 is 2.65 bits per heavy atom. The van der Waals surface area contributed by atoms with E-state index in [9.17, 15) is 13.6 Å². The van der Waals surface area contributed by atoms with Crippen LogP contribution in [0.4, 0.5) is 8.78 Å². The van der Waals surface area contributed by atoms with Crippen molar-refractivity contribution in [3.05, 3.63) is 28.8 Å². The van der Waals surface area contributed by atoms with E-state index >= 15 is 0 Å². The Kier molecular flexibility index (Phi) is 4.28. The molecule has 1 rings (SSSR count). The molecule has 0 saturated heterocycles. The molecule has 1 aromatic rings. The minimum Gasteiger partial charge on any atom is -0.495 e. The summed E-state index contributed by atoms with van der Waals surface area (Å²) in [5.74, 6) is -5.38. The van der Waals surface area contributed by atoms with E-state index in [4.69, 9.17) is 21.4 Å². The highest BCUT2D eigenvalue weighted by atomic mass is 35.5. The van der Waals surface area contributed by atoms with Crippen LogP contribution >= 0.6 is 11.6 Å². The van der Waals surface area contributed by atoms with Crippen LogP contribution in [-0.2, 0) is 11.2 Å². The van der Waals surface area contributed by atoms with Crippen LogP contribution in [0.25, 0.3) is 0 Å². The molecule has 94 valence electrons. The number of aliphatic carboxylic acids is 1. The second-order valence-corrected chi connectivity index (χ2v) is 3.89. The summed E-state index contributed by atoms with van der Waals surface area (Å²) in [5, 5.41) is 8.57. The number of alkyl halides is 2. The van der Waals surface area contributed by atoms with Gasteiger partial charge in [0.25, 0.3) is 0 Å². The van der Waals surface area contributed by atoms with Gasteiger partial charge in [-0.15, -0.1) is 0 Å². The van der Waals surface area contributed by atoms with Gasteiger partial charge in [0.2, 0.25) is 0 Å². The van der Waals surface area contributed by atoms with Crippen molar-refractivity contribution < 1.29 is 23.4 Å². The van der Waals surface area contributed by atoms with Crippen LogP contribution in [0.2, 0.25) is 5.02 Å². The molecule has 0 bridgehead atoms. The third kappa shape index (κ3) is 3.56. The molecule has 1 N–H and O–H groups in total. The lowest BCUT2D eigenvalue weighted by Crippen LogP contribution is -2.28. The second-order valence-electron chi connectivity index (χ2n) is 3.48. The molecule has 0 fully saturated rings. The molecule has 0 spiro atoms. The first-order valence-electron chi connectivity index (χ1n) is 4.80. The number of methoxy groups -OCH3 is 1. The van der Waals surface area contributed by atoms with Crippen molar-refractivity contribution in [2.75, 3.05) is 7.11 Å². The van der Waals surface area contributed by atoms with Crippen LogP contribution in [0.5, 0.6) is 5.75 Å². The Morgan fingerprint density at radius 1 is 1.53 bits per heavy atom. The topological polar surface area (TPSA) is 46.5 Å². The van der Waals surface area contributed by atoms with Gasteiger partial charge in [0.05, 0.1) is 12.1 Å². The van der Waals surface area contributed by atoms with Gasteiger partial charge in [-0.1, -0.05) is 17.7 Å². The lowest BCUT2D eigenvalue weighted by atomic mass is 10.1. The van der Waals surface area contributed by atoms with Gasteiger partial charge in [-0.25, -0.2) is 4.79 Å². The number of carboxylic acid groups (broad SMARTS) is 1. The smallest absolute Gasteiger partial charge is 0.374 e. The fraction of sp³-hybridized carbons (Fsp3) is 0.364. The molecular weight excluding hydrogens is 254 g/mol. The Balaban J connectivity index is 2.71. The van der Waals surface area contributed by atoms with Gasteiger partial charge in [-0.3, -0.25) is 0 Å². The van der Waals surface area contributed by atoms with Gasteiger partial charge in [-0.2, -0.15) is 8.78 Å². The number of carbonyl (C=O) groups is 1. The van der Waals surface area contributed by atoms with E-state index < -0.39 is 18.3 Å². The number of aryl methyl sites for hydroxylation is 1. The van der Waals surface area contributed by atoms with Gasteiger partial charge in [0.1, 0.15) is 5.75 Å².